The van der Waals surface area contributed by atoms with Crippen molar-refractivity contribution in [3.63, 3.8) is 0 Å². The van der Waals surface area contributed by atoms with Crippen LogP contribution < -0.4 is 4.74 Å². The van der Waals surface area contributed by atoms with E-state index in [-0.39, 0.29) is 16.2 Å². The topological polar surface area (TPSA) is 85.8 Å². The molecule has 0 spiro atoms. The van der Waals surface area contributed by atoms with Crippen molar-refractivity contribution in [2.45, 2.75) is 6.36 Å². The Morgan fingerprint density at radius 3 is 2.08 bits per heavy atom. The summed E-state index contributed by atoms with van der Waals surface area (Å²) in [5.74, 6) is -3.48. The predicted molar refractivity (Wildman–Crippen MR) is 73.3 cm³/mol. The molecule has 1 aromatic carbocycles. The summed E-state index contributed by atoms with van der Waals surface area (Å²) < 4.78 is 39.8. The van der Waals surface area contributed by atoms with E-state index in [2.05, 4.69) is 9.72 Å². The number of carbonyl (C=O) groups excluding carboxylic acids is 3. The van der Waals surface area contributed by atoms with Gasteiger partial charge in [0.2, 0.25) is 0 Å². The summed E-state index contributed by atoms with van der Waals surface area (Å²) >= 11 is 0. The second kappa shape index (κ2) is 5.89. The van der Waals surface area contributed by atoms with Crippen molar-refractivity contribution in [3.8, 4) is 5.75 Å². The van der Waals surface area contributed by atoms with Gasteiger partial charge in [0.05, 0.1) is 17.3 Å². The maximum absolute atomic E-state index is 12.1. The van der Waals surface area contributed by atoms with Crippen LogP contribution in [0.1, 0.15) is 31.2 Å². The van der Waals surface area contributed by atoms with Gasteiger partial charge in [0.25, 0.3) is 11.8 Å². The highest BCUT2D eigenvalue weighted by Gasteiger charge is 2.39. The summed E-state index contributed by atoms with van der Waals surface area (Å²) in [4.78, 5) is 44.2. The number of aromatic nitrogens is 1. The van der Waals surface area contributed by atoms with Crippen LogP contribution in [-0.4, -0.2) is 34.2 Å². The lowest BCUT2D eigenvalue weighted by Gasteiger charge is -2.12. The maximum Gasteiger partial charge on any atom is 0.573 e. The first-order chi connectivity index (χ1) is 11.8. The second-order valence-electron chi connectivity index (χ2n) is 4.76. The molecule has 1 aromatic heterocycles. The fourth-order valence-electron chi connectivity index (χ4n) is 2.07. The lowest BCUT2D eigenvalue weighted by Crippen LogP contribution is -2.32. The van der Waals surface area contributed by atoms with Crippen LogP contribution in [0.15, 0.2) is 42.6 Å². The Kier molecular flexibility index (Phi) is 3.87. The largest absolute Gasteiger partial charge is 0.573 e. The molecule has 0 saturated heterocycles. The molecule has 2 aromatic rings. The number of fused-ring (bicyclic) bond motifs is 1. The number of alkyl halides is 3. The van der Waals surface area contributed by atoms with E-state index < -0.39 is 35.6 Å². The molecule has 0 bridgehead atoms. The van der Waals surface area contributed by atoms with E-state index in [9.17, 15) is 27.6 Å². The normalized spacial score (nSPS) is 13.6. The van der Waals surface area contributed by atoms with E-state index in [1.807, 2.05) is 0 Å². The minimum Gasteiger partial charge on any atom is -0.404 e. The van der Waals surface area contributed by atoms with E-state index in [4.69, 9.17) is 4.84 Å². The Hall–Kier alpha value is -3.43. The molecule has 25 heavy (non-hydrogen) atoms. The Bertz CT molecular complexity index is 829. The number of imide groups is 1. The van der Waals surface area contributed by atoms with Gasteiger partial charge in [-0.25, -0.2) is 9.78 Å². The van der Waals surface area contributed by atoms with Crippen molar-refractivity contribution in [2.24, 2.45) is 0 Å². The lowest BCUT2D eigenvalue weighted by molar-refractivity contribution is -0.274. The van der Waals surface area contributed by atoms with Crippen LogP contribution in [0.4, 0.5) is 13.2 Å². The number of amides is 2. The molecule has 7 nitrogen and oxygen atoms in total. The average molecular weight is 352 g/mol. The van der Waals surface area contributed by atoms with Crippen LogP contribution in [0.2, 0.25) is 0 Å². The summed E-state index contributed by atoms with van der Waals surface area (Å²) in [6.45, 7) is 0. The first kappa shape index (κ1) is 16.4. The number of ether oxygens (including phenoxy) is 1. The smallest absolute Gasteiger partial charge is 0.404 e. The number of hydrogen-bond donors (Lipinski definition) is 0. The maximum atomic E-state index is 12.1. The zero-order valence-electron chi connectivity index (χ0n) is 12.1. The van der Waals surface area contributed by atoms with Crippen molar-refractivity contribution < 1.29 is 37.1 Å². The molecule has 0 radical (unpaired) electrons. The zero-order chi connectivity index (χ0) is 18.2. The van der Waals surface area contributed by atoms with Gasteiger partial charge in [-0.05, 0) is 24.3 Å². The van der Waals surface area contributed by atoms with Gasteiger partial charge in [-0.15, -0.1) is 13.2 Å². The number of halogens is 3. The molecule has 10 heteroatoms. The molecule has 1 aliphatic rings. The van der Waals surface area contributed by atoms with Gasteiger partial charge in [0.1, 0.15) is 5.75 Å². The van der Waals surface area contributed by atoms with Gasteiger partial charge in [0, 0.05) is 0 Å². The lowest BCUT2D eigenvalue weighted by atomic mass is 10.1. The summed E-state index contributed by atoms with van der Waals surface area (Å²) in [5, 5.41) is 0.273. The molecule has 128 valence electrons. The fraction of sp³-hybridized carbons (Fsp3) is 0.0667. The van der Waals surface area contributed by atoms with Crippen LogP contribution in [0.25, 0.3) is 0 Å². The molecule has 3 rings (SSSR count). The number of pyridine rings is 1. The number of carbonyl (C=O) groups is 3. The monoisotopic (exact) mass is 352 g/mol. The van der Waals surface area contributed by atoms with Crippen LogP contribution in [0.3, 0.4) is 0 Å². The van der Waals surface area contributed by atoms with Gasteiger partial charge in [-0.2, -0.15) is 0 Å². The summed E-state index contributed by atoms with van der Waals surface area (Å²) in [6.07, 6.45) is -4.24. The fourth-order valence-corrected chi connectivity index (χ4v) is 2.07. The van der Waals surface area contributed by atoms with Crippen LogP contribution in [-0.2, 0) is 4.84 Å². The first-order valence-electron chi connectivity index (χ1n) is 6.68. The molecule has 0 aliphatic carbocycles. The van der Waals surface area contributed by atoms with Crippen LogP contribution >= 0.6 is 0 Å². The van der Waals surface area contributed by atoms with Gasteiger partial charge >= 0.3 is 12.3 Å². The highest BCUT2D eigenvalue weighted by atomic mass is 19.4. The molecule has 2 heterocycles. The molecule has 2 amide bonds. The van der Waals surface area contributed by atoms with Crippen molar-refractivity contribution in [1.82, 2.24) is 10.0 Å². The highest BCUT2D eigenvalue weighted by molar-refractivity contribution is 6.21. The van der Waals surface area contributed by atoms with E-state index in [1.165, 1.54) is 24.3 Å². The zero-order valence-corrected chi connectivity index (χ0v) is 12.1. The molecule has 0 N–H and O–H groups in total. The summed E-state index contributed by atoms with van der Waals surface area (Å²) in [5.41, 5.74) is -0.268. The molecule has 0 atom stereocenters. The van der Waals surface area contributed by atoms with Crippen molar-refractivity contribution in [1.29, 1.82) is 0 Å². The van der Waals surface area contributed by atoms with E-state index in [0.29, 0.717) is 6.20 Å². The van der Waals surface area contributed by atoms with E-state index in [1.54, 1.807) is 0 Å². The standard InChI is InChI=1S/C15H7F3N2O5/c16-15(17,18)24-8-5-6-11(19-7-8)14(23)25-20-12(21)9-3-1-2-4-10(9)13(20)22/h1-7H. The van der Waals surface area contributed by atoms with Gasteiger partial charge in [0.15, 0.2) is 5.69 Å². The van der Waals surface area contributed by atoms with Crippen LogP contribution in [0, 0.1) is 0 Å². The number of nitrogens with zero attached hydrogens (tertiary/aromatic N) is 2. The minimum absolute atomic E-state index is 0.0715. The quantitative estimate of drug-likeness (QED) is 0.789. The van der Waals surface area contributed by atoms with E-state index >= 15 is 0 Å². The molecular weight excluding hydrogens is 345 g/mol. The van der Waals surface area contributed by atoms with Crippen molar-refractivity contribution in [3.05, 3.63) is 59.4 Å². The first-order valence-corrected chi connectivity index (χ1v) is 6.68. The third-order valence-electron chi connectivity index (χ3n) is 3.11. The Labute approximate surface area is 137 Å². The van der Waals surface area contributed by atoms with Crippen molar-refractivity contribution >= 4 is 17.8 Å². The van der Waals surface area contributed by atoms with Gasteiger partial charge in [-0.3, -0.25) is 9.59 Å². The molecule has 0 saturated carbocycles. The number of rotatable bonds is 3. The summed E-state index contributed by atoms with van der Waals surface area (Å²) in [7, 11) is 0. The van der Waals surface area contributed by atoms with Crippen LogP contribution in [0.5, 0.6) is 5.75 Å². The van der Waals surface area contributed by atoms with Gasteiger partial charge in [-0.1, -0.05) is 17.2 Å². The van der Waals surface area contributed by atoms with E-state index in [0.717, 1.165) is 12.1 Å². The third-order valence-corrected chi connectivity index (χ3v) is 3.11. The molecule has 1 aliphatic heterocycles. The van der Waals surface area contributed by atoms with Gasteiger partial charge < -0.3 is 9.57 Å². The molecular formula is C15H7F3N2O5. The Balaban J connectivity index is 1.73. The number of benzene rings is 1. The second-order valence-corrected chi connectivity index (χ2v) is 4.76. The number of hydrogen-bond acceptors (Lipinski definition) is 6. The SMILES string of the molecule is O=C(ON1C(=O)c2ccccc2C1=O)c1ccc(OC(F)(F)F)cn1. The average Bonchev–Trinajstić information content (AvgIpc) is 2.79. The molecule has 0 unspecified atom stereocenters. The highest BCUT2D eigenvalue weighted by Crippen LogP contribution is 2.24. The number of hydroxylamine groups is 2. The van der Waals surface area contributed by atoms with Crippen molar-refractivity contribution in [2.75, 3.05) is 0 Å². The molecule has 0 fully saturated rings. The Morgan fingerprint density at radius 1 is 1.00 bits per heavy atom. The predicted octanol–water partition coefficient (Wildman–Crippen LogP) is 2.35. The third kappa shape index (κ3) is 3.27. The Morgan fingerprint density at radius 2 is 1.60 bits per heavy atom. The minimum atomic E-state index is -4.90. The summed E-state index contributed by atoms with van der Waals surface area (Å²) in [6, 6.07) is 7.61.